The zero-order valence-electron chi connectivity index (χ0n) is 25.7. The van der Waals surface area contributed by atoms with E-state index in [1.165, 1.54) is 38.5 Å². The molecule has 0 heterocycles. The minimum Gasteiger partial charge on any atom is -0.480 e. The van der Waals surface area contributed by atoms with Crippen LogP contribution < -0.4 is 5.32 Å². The van der Waals surface area contributed by atoms with E-state index in [2.05, 4.69) is 55.6 Å². The molecule has 0 spiro atoms. The third-order valence-electron chi connectivity index (χ3n) is 6.83. The second kappa shape index (κ2) is 29.6. The van der Waals surface area contributed by atoms with Crippen LogP contribution >= 0.6 is 0 Å². The molecule has 0 aromatic heterocycles. The first kappa shape index (κ1) is 37.6. The Bertz CT molecular complexity index is 713. The molecule has 0 aromatic carbocycles. The molecule has 0 saturated carbocycles. The van der Waals surface area contributed by atoms with Gasteiger partial charge in [-0.3, -0.25) is 14.4 Å². The van der Waals surface area contributed by atoms with Gasteiger partial charge >= 0.3 is 11.9 Å². The van der Waals surface area contributed by atoms with Crippen LogP contribution in [-0.4, -0.2) is 35.6 Å². The molecule has 0 bridgehead atoms. The largest absolute Gasteiger partial charge is 0.480 e. The van der Waals surface area contributed by atoms with E-state index in [1.54, 1.807) is 0 Å². The molecule has 0 saturated heterocycles. The summed E-state index contributed by atoms with van der Waals surface area (Å²) in [4.78, 5) is 34.6. The second-order valence-corrected chi connectivity index (χ2v) is 10.7. The van der Waals surface area contributed by atoms with Crippen molar-refractivity contribution in [3.8, 4) is 0 Å². The van der Waals surface area contributed by atoms with E-state index >= 15 is 0 Å². The Hall–Kier alpha value is -2.37. The topological polar surface area (TPSA) is 92.7 Å². The molecule has 1 atom stereocenters. The van der Waals surface area contributed by atoms with Crippen LogP contribution in [0.3, 0.4) is 0 Å². The summed E-state index contributed by atoms with van der Waals surface area (Å²) in [6.07, 6.45) is 34.2. The van der Waals surface area contributed by atoms with Crippen molar-refractivity contribution in [1.29, 1.82) is 0 Å². The highest BCUT2D eigenvalue weighted by Crippen LogP contribution is 2.17. The number of hydrogen-bond acceptors (Lipinski definition) is 4. The number of aliphatic carboxylic acids is 1. The monoisotopic (exact) mass is 561 g/mol. The van der Waals surface area contributed by atoms with Crippen LogP contribution in [-0.2, 0) is 19.1 Å². The Morgan fingerprint density at radius 2 is 1.23 bits per heavy atom. The lowest BCUT2D eigenvalue weighted by atomic mass is 10.0. The quantitative estimate of drug-likeness (QED) is 0.0565. The van der Waals surface area contributed by atoms with Crippen molar-refractivity contribution in [1.82, 2.24) is 5.32 Å². The van der Waals surface area contributed by atoms with Crippen LogP contribution in [0.4, 0.5) is 0 Å². The maximum Gasteiger partial charge on any atom is 0.322 e. The zero-order valence-corrected chi connectivity index (χ0v) is 25.7. The van der Waals surface area contributed by atoms with Crippen LogP contribution in [0.2, 0.25) is 0 Å². The van der Waals surface area contributed by atoms with Crippen LogP contribution in [0.15, 0.2) is 36.5 Å². The fraction of sp³-hybridized carbons (Fsp3) is 0.735. The third kappa shape index (κ3) is 28.6. The number of carbonyl (C=O) groups is 3. The van der Waals surface area contributed by atoms with Gasteiger partial charge in [-0.25, -0.2) is 0 Å². The van der Waals surface area contributed by atoms with E-state index in [4.69, 9.17) is 9.84 Å². The average molecular weight is 562 g/mol. The molecule has 40 heavy (non-hydrogen) atoms. The lowest BCUT2D eigenvalue weighted by molar-refractivity contribution is -0.150. The highest BCUT2D eigenvalue weighted by atomic mass is 16.5. The van der Waals surface area contributed by atoms with E-state index in [0.29, 0.717) is 12.8 Å². The fourth-order valence-electron chi connectivity index (χ4n) is 4.47. The normalized spacial score (nSPS) is 12.4. The summed E-state index contributed by atoms with van der Waals surface area (Å²) in [5, 5.41) is 11.0. The summed E-state index contributed by atoms with van der Waals surface area (Å²) >= 11 is 0. The molecule has 6 nitrogen and oxygen atoms in total. The molecule has 0 aliphatic heterocycles. The fourth-order valence-corrected chi connectivity index (χ4v) is 4.47. The molecule has 6 heteroatoms. The smallest absolute Gasteiger partial charge is 0.322 e. The maximum absolute atomic E-state index is 12.5. The average Bonchev–Trinajstić information content (AvgIpc) is 2.93. The predicted octanol–water partition coefficient (Wildman–Crippen LogP) is 9.00. The molecule has 230 valence electrons. The minimum atomic E-state index is -1.03. The number of carboxylic acids is 1. The van der Waals surface area contributed by atoms with Gasteiger partial charge in [-0.1, -0.05) is 102 Å². The molecule has 0 rings (SSSR count). The standard InChI is InChI=1S/C34H59NO5/c1-3-5-7-9-10-11-12-13-14-15-16-17-18-19-25-29-34(39)40-31(26-22-8-6-4-2)27-23-20-21-24-28-32(36)35-30-33(37)38/h5,7,10-11,13-14,31H,3-4,6,8-9,12,15-30H2,1-2H3,(H,35,36)(H,37,38)/b7-5-,11-10-,14-13-. The number of unbranched alkanes of at least 4 members (excludes halogenated alkanes) is 11. The van der Waals surface area contributed by atoms with Gasteiger partial charge in [0, 0.05) is 12.8 Å². The van der Waals surface area contributed by atoms with Crippen molar-refractivity contribution in [2.75, 3.05) is 6.54 Å². The van der Waals surface area contributed by atoms with Crippen LogP contribution in [0, 0.1) is 0 Å². The van der Waals surface area contributed by atoms with Gasteiger partial charge in [-0.05, 0) is 70.6 Å². The number of carboxylic acid groups (broad SMARTS) is 1. The van der Waals surface area contributed by atoms with Gasteiger partial charge in [0.05, 0.1) is 0 Å². The van der Waals surface area contributed by atoms with Crippen LogP contribution in [0.5, 0.6) is 0 Å². The minimum absolute atomic E-state index is 0.00217. The van der Waals surface area contributed by atoms with E-state index in [1.807, 2.05) is 0 Å². The Balaban J connectivity index is 3.97. The lowest BCUT2D eigenvalue weighted by Gasteiger charge is -2.18. The molecular formula is C34H59NO5. The summed E-state index contributed by atoms with van der Waals surface area (Å²) in [5.41, 5.74) is 0. The summed E-state index contributed by atoms with van der Waals surface area (Å²) in [6, 6.07) is 0. The van der Waals surface area contributed by atoms with Gasteiger partial charge < -0.3 is 15.2 Å². The number of carbonyl (C=O) groups excluding carboxylic acids is 2. The Labute approximate surface area is 245 Å². The molecule has 1 amide bonds. The van der Waals surface area contributed by atoms with Crippen molar-refractivity contribution in [2.24, 2.45) is 0 Å². The van der Waals surface area contributed by atoms with Crippen LogP contribution in [0.25, 0.3) is 0 Å². The van der Waals surface area contributed by atoms with Crippen LogP contribution in [0.1, 0.15) is 149 Å². The number of amides is 1. The van der Waals surface area contributed by atoms with Gasteiger partial charge in [0.1, 0.15) is 12.6 Å². The molecular weight excluding hydrogens is 502 g/mol. The Morgan fingerprint density at radius 3 is 1.88 bits per heavy atom. The van der Waals surface area contributed by atoms with Crippen molar-refractivity contribution in [2.45, 2.75) is 155 Å². The van der Waals surface area contributed by atoms with Gasteiger partial charge in [0.15, 0.2) is 0 Å². The van der Waals surface area contributed by atoms with Gasteiger partial charge in [-0.2, -0.15) is 0 Å². The predicted molar refractivity (Wildman–Crippen MR) is 166 cm³/mol. The second-order valence-electron chi connectivity index (χ2n) is 10.7. The van der Waals surface area contributed by atoms with E-state index in [0.717, 1.165) is 83.5 Å². The zero-order chi connectivity index (χ0) is 29.5. The number of allylic oxidation sites excluding steroid dienone is 6. The number of nitrogens with one attached hydrogen (secondary N) is 1. The molecule has 0 aromatic rings. The first-order valence-corrected chi connectivity index (χ1v) is 16.1. The maximum atomic E-state index is 12.5. The first-order chi connectivity index (χ1) is 19.5. The summed E-state index contributed by atoms with van der Waals surface area (Å²) in [5.74, 6) is -1.30. The molecule has 2 N–H and O–H groups in total. The van der Waals surface area contributed by atoms with Gasteiger partial charge in [-0.15, -0.1) is 0 Å². The summed E-state index contributed by atoms with van der Waals surface area (Å²) < 4.78 is 5.87. The van der Waals surface area contributed by atoms with Crippen molar-refractivity contribution >= 4 is 17.8 Å². The number of ether oxygens (including phenoxy) is 1. The number of hydrogen-bond donors (Lipinski definition) is 2. The van der Waals surface area contributed by atoms with Crippen molar-refractivity contribution in [3.63, 3.8) is 0 Å². The third-order valence-corrected chi connectivity index (χ3v) is 6.83. The van der Waals surface area contributed by atoms with E-state index in [-0.39, 0.29) is 24.5 Å². The summed E-state index contributed by atoms with van der Waals surface area (Å²) in [6.45, 7) is 4.03. The first-order valence-electron chi connectivity index (χ1n) is 16.1. The SMILES string of the molecule is CC/C=C\C/C=C\C/C=C\CCCCCCCC(=O)OC(CCCCCC)CCCCCCC(=O)NCC(=O)O. The molecule has 1 unspecified atom stereocenters. The van der Waals surface area contributed by atoms with E-state index in [9.17, 15) is 14.4 Å². The number of rotatable bonds is 28. The van der Waals surface area contributed by atoms with Gasteiger partial charge in [0.2, 0.25) is 5.91 Å². The Morgan fingerprint density at radius 1 is 0.675 bits per heavy atom. The van der Waals surface area contributed by atoms with E-state index < -0.39 is 5.97 Å². The molecule has 0 fully saturated rings. The lowest BCUT2D eigenvalue weighted by Crippen LogP contribution is -2.28. The van der Waals surface area contributed by atoms with Crippen molar-refractivity contribution < 1.29 is 24.2 Å². The van der Waals surface area contributed by atoms with Gasteiger partial charge in [0.25, 0.3) is 0 Å². The van der Waals surface area contributed by atoms with Crippen molar-refractivity contribution in [3.05, 3.63) is 36.5 Å². The molecule has 0 aliphatic carbocycles. The number of esters is 1. The Kier molecular flexibility index (Phi) is 27.9. The summed E-state index contributed by atoms with van der Waals surface area (Å²) in [7, 11) is 0. The highest BCUT2D eigenvalue weighted by Gasteiger charge is 2.14. The molecule has 0 radical (unpaired) electrons. The highest BCUT2D eigenvalue weighted by molar-refractivity contribution is 5.80. The molecule has 0 aliphatic rings.